The van der Waals surface area contributed by atoms with Crippen LogP contribution in [-0.4, -0.2) is 35.7 Å². The standard InChI is InChI=1S/C27H23N3O5/c31-25(32)19-35-23-16-14-21(15-17-23)18-28-30-27(34)24(13-7-10-20-8-3-1-4-9-20)29-26(33)22-11-5-2-6-12-22/h1-18H,19H2,(H,29,33)(H,30,34)(H,31,32)/b10-7+,24-13+,28-18-. The van der Waals surface area contributed by atoms with Crippen LogP contribution in [0.5, 0.6) is 5.75 Å². The van der Waals surface area contributed by atoms with Crippen LogP contribution in [0.2, 0.25) is 0 Å². The van der Waals surface area contributed by atoms with Gasteiger partial charge in [0.2, 0.25) is 0 Å². The quantitative estimate of drug-likeness (QED) is 0.181. The van der Waals surface area contributed by atoms with Gasteiger partial charge in [0.25, 0.3) is 11.8 Å². The number of amides is 2. The first kappa shape index (κ1) is 24.7. The number of ether oxygens (including phenoxy) is 1. The minimum atomic E-state index is -1.07. The van der Waals surface area contributed by atoms with Crippen molar-refractivity contribution in [1.82, 2.24) is 10.7 Å². The number of aliphatic carboxylic acids is 1. The highest BCUT2D eigenvalue weighted by Crippen LogP contribution is 2.11. The Morgan fingerprint density at radius 2 is 1.51 bits per heavy atom. The number of benzene rings is 3. The van der Waals surface area contributed by atoms with Gasteiger partial charge in [-0.15, -0.1) is 0 Å². The molecule has 3 N–H and O–H groups in total. The average molecular weight is 469 g/mol. The van der Waals surface area contributed by atoms with E-state index in [0.717, 1.165) is 5.56 Å². The molecular weight excluding hydrogens is 446 g/mol. The molecule has 2 amide bonds. The Hall–Kier alpha value is -4.98. The van der Waals surface area contributed by atoms with E-state index in [4.69, 9.17) is 9.84 Å². The van der Waals surface area contributed by atoms with Gasteiger partial charge in [0.1, 0.15) is 11.4 Å². The molecule has 0 atom stereocenters. The number of nitrogens with zero attached hydrogens (tertiary/aromatic N) is 1. The normalized spacial score (nSPS) is 11.4. The molecule has 0 heterocycles. The number of carboxylic acid groups (broad SMARTS) is 1. The Kier molecular flexibility index (Phi) is 9.09. The van der Waals surface area contributed by atoms with Crippen LogP contribution < -0.4 is 15.5 Å². The second-order valence-corrected chi connectivity index (χ2v) is 7.12. The number of hydrogen-bond donors (Lipinski definition) is 3. The Morgan fingerprint density at radius 3 is 2.17 bits per heavy atom. The van der Waals surface area contributed by atoms with Crippen molar-refractivity contribution < 1.29 is 24.2 Å². The number of carbonyl (C=O) groups is 3. The van der Waals surface area contributed by atoms with Gasteiger partial charge >= 0.3 is 5.97 Å². The summed E-state index contributed by atoms with van der Waals surface area (Å²) in [6.45, 7) is -0.438. The summed E-state index contributed by atoms with van der Waals surface area (Å²) >= 11 is 0. The zero-order chi connectivity index (χ0) is 24.9. The summed E-state index contributed by atoms with van der Waals surface area (Å²) in [6, 6.07) is 24.6. The zero-order valence-electron chi connectivity index (χ0n) is 18.6. The minimum absolute atomic E-state index is 0.0144. The molecule has 35 heavy (non-hydrogen) atoms. The van der Waals surface area contributed by atoms with Gasteiger partial charge in [-0.1, -0.05) is 60.7 Å². The van der Waals surface area contributed by atoms with E-state index >= 15 is 0 Å². The van der Waals surface area contributed by atoms with Gasteiger partial charge in [-0.3, -0.25) is 9.59 Å². The smallest absolute Gasteiger partial charge is 0.341 e. The lowest BCUT2D eigenvalue weighted by Crippen LogP contribution is -2.32. The first-order valence-corrected chi connectivity index (χ1v) is 10.6. The minimum Gasteiger partial charge on any atom is -0.482 e. The summed E-state index contributed by atoms with van der Waals surface area (Å²) < 4.78 is 5.07. The lowest BCUT2D eigenvalue weighted by Gasteiger charge is -2.08. The molecule has 0 aliphatic carbocycles. The highest BCUT2D eigenvalue weighted by molar-refractivity contribution is 6.03. The van der Waals surface area contributed by atoms with Gasteiger partial charge in [0.05, 0.1) is 6.21 Å². The highest BCUT2D eigenvalue weighted by atomic mass is 16.5. The van der Waals surface area contributed by atoms with E-state index in [0.29, 0.717) is 16.9 Å². The molecule has 0 bridgehead atoms. The molecule has 0 aliphatic heterocycles. The molecule has 0 saturated carbocycles. The molecule has 176 valence electrons. The van der Waals surface area contributed by atoms with Crippen LogP contribution in [0.4, 0.5) is 0 Å². The van der Waals surface area contributed by atoms with Gasteiger partial charge in [0.15, 0.2) is 6.61 Å². The largest absolute Gasteiger partial charge is 0.482 e. The maximum Gasteiger partial charge on any atom is 0.341 e. The van der Waals surface area contributed by atoms with Crippen LogP contribution in [0.1, 0.15) is 21.5 Å². The van der Waals surface area contributed by atoms with Gasteiger partial charge in [-0.05, 0) is 53.6 Å². The Bertz CT molecular complexity index is 1230. The number of allylic oxidation sites excluding steroid dienone is 2. The maximum absolute atomic E-state index is 12.7. The van der Waals surface area contributed by atoms with Crippen molar-refractivity contribution in [3.8, 4) is 5.75 Å². The molecule has 8 heteroatoms. The van der Waals surface area contributed by atoms with Gasteiger partial charge in [-0.2, -0.15) is 5.10 Å². The molecule has 8 nitrogen and oxygen atoms in total. The number of rotatable bonds is 10. The van der Waals surface area contributed by atoms with Crippen molar-refractivity contribution in [1.29, 1.82) is 0 Å². The summed E-state index contributed by atoms with van der Waals surface area (Å²) in [5, 5.41) is 15.2. The molecule has 3 rings (SSSR count). The fourth-order valence-electron chi connectivity index (χ4n) is 2.80. The maximum atomic E-state index is 12.7. The van der Waals surface area contributed by atoms with E-state index in [1.807, 2.05) is 30.3 Å². The fourth-order valence-corrected chi connectivity index (χ4v) is 2.80. The van der Waals surface area contributed by atoms with Crippen molar-refractivity contribution in [2.24, 2.45) is 5.10 Å². The number of carbonyl (C=O) groups excluding carboxylic acids is 2. The first-order chi connectivity index (χ1) is 17.0. The number of nitrogens with one attached hydrogen (secondary N) is 2. The van der Waals surface area contributed by atoms with E-state index in [9.17, 15) is 14.4 Å². The third-order valence-electron chi connectivity index (χ3n) is 4.50. The lowest BCUT2D eigenvalue weighted by atomic mass is 10.2. The van der Waals surface area contributed by atoms with Gasteiger partial charge < -0.3 is 15.2 Å². The Labute approximate surface area is 202 Å². The number of hydrazone groups is 1. The van der Waals surface area contributed by atoms with Crippen LogP contribution in [0.3, 0.4) is 0 Å². The molecule has 0 radical (unpaired) electrons. The number of carboxylic acids is 1. The lowest BCUT2D eigenvalue weighted by molar-refractivity contribution is -0.139. The third kappa shape index (κ3) is 8.47. The molecule has 3 aromatic rings. The summed E-state index contributed by atoms with van der Waals surface area (Å²) in [5.74, 6) is -1.71. The monoisotopic (exact) mass is 469 g/mol. The topological polar surface area (TPSA) is 117 Å². The van der Waals surface area contributed by atoms with E-state index in [-0.39, 0.29) is 5.70 Å². The molecule has 0 fully saturated rings. The van der Waals surface area contributed by atoms with Crippen LogP contribution in [0.25, 0.3) is 6.08 Å². The van der Waals surface area contributed by atoms with Crippen molar-refractivity contribution in [3.05, 3.63) is 119 Å². The second kappa shape index (κ2) is 12.9. The predicted molar refractivity (Wildman–Crippen MR) is 133 cm³/mol. The Balaban J connectivity index is 1.68. The summed E-state index contributed by atoms with van der Waals surface area (Å²) in [7, 11) is 0. The summed E-state index contributed by atoms with van der Waals surface area (Å²) in [6.07, 6.45) is 6.37. The molecule has 0 aliphatic rings. The van der Waals surface area contributed by atoms with Crippen molar-refractivity contribution in [2.75, 3.05) is 6.61 Å². The second-order valence-electron chi connectivity index (χ2n) is 7.12. The van der Waals surface area contributed by atoms with Crippen molar-refractivity contribution in [3.63, 3.8) is 0 Å². The van der Waals surface area contributed by atoms with Crippen molar-refractivity contribution >= 4 is 30.1 Å². The molecule has 0 aromatic heterocycles. The summed E-state index contributed by atoms with van der Waals surface area (Å²) in [4.78, 5) is 35.9. The van der Waals surface area contributed by atoms with E-state index in [1.54, 1.807) is 66.7 Å². The highest BCUT2D eigenvalue weighted by Gasteiger charge is 2.13. The predicted octanol–water partition coefficient (Wildman–Crippen LogP) is 3.63. The van der Waals surface area contributed by atoms with Gasteiger partial charge in [0, 0.05) is 5.56 Å². The van der Waals surface area contributed by atoms with Crippen LogP contribution in [0, 0.1) is 0 Å². The van der Waals surface area contributed by atoms with Crippen LogP contribution in [0.15, 0.2) is 108 Å². The number of hydrogen-bond acceptors (Lipinski definition) is 5. The zero-order valence-corrected chi connectivity index (χ0v) is 18.6. The molecule has 0 unspecified atom stereocenters. The molecule has 0 saturated heterocycles. The van der Waals surface area contributed by atoms with Crippen LogP contribution >= 0.6 is 0 Å². The third-order valence-corrected chi connectivity index (χ3v) is 4.50. The van der Waals surface area contributed by atoms with E-state index < -0.39 is 24.4 Å². The first-order valence-electron chi connectivity index (χ1n) is 10.6. The molecule has 0 spiro atoms. The average Bonchev–Trinajstić information content (AvgIpc) is 2.88. The van der Waals surface area contributed by atoms with Crippen LogP contribution in [-0.2, 0) is 9.59 Å². The SMILES string of the molecule is O=C(O)COc1ccc(/C=N\NC(=O)/C(=C\C=C\c2ccccc2)NC(=O)c2ccccc2)cc1. The van der Waals surface area contributed by atoms with Gasteiger partial charge in [-0.25, -0.2) is 10.2 Å². The molecular formula is C27H23N3O5. The van der Waals surface area contributed by atoms with E-state index in [2.05, 4.69) is 15.8 Å². The van der Waals surface area contributed by atoms with E-state index in [1.165, 1.54) is 12.3 Å². The fraction of sp³-hybridized carbons (Fsp3) is 0.0370. The Morgan fingerprint density at radius 1 is 0.857 bits per heavy atom. The molecule has 3 aromatic carbocycles. The summed E-state index contributed by atoms with van der Waals surface area (Å²) in [5.41, 5.74) is 4.41. The van der Waals surface area contributed by atoms with Crippen molar-refractivity contribution in [2.45, 2.75) is 0 Å².